The number of hydrogen-bond donors (Lipinski definition) is 1. The molecule has 0 aromatic rings. The third-order valence-corrected chi connectivity index (χ3v) is 3.98. The second-order valence-corrected chi connectivity index (χ2v) is 5.60. The van der Waals surface area contributed by atoms with Crippen molar-refractivity contribution in [1.82, 2.24) is 9.80 Å². The summed E-state index contributed by atoms with van der Waals surface area (Å²) in [5, 5.41) is 8.68. The SMILES string of the molecule is CN(CC(C(=O)O)C(F)(F)F)CC1(N(C)C)CCC1. The lowest BCUT2D eigenvalue weighted by molar-refractivity contribution is -0.196. The van der Waals surface area contributed by atoms with Gasteiger partial charge in [-0.2, -0.15) is 13.2 Å². The topological polar surface area (TPSA) is 43.8 Å². The normalized spacial score (nSPS) is 20.4. The van der Waals surface area contributed by atoms with Crippen molar-refractivity contribution in [1.29, 1.82) is 0 Å². The Morgan fingerprint density at radius 2 is 1.84 bits per heavy atom. The molecule has 1 N–H and O–H groups in total. The number of carboxylic acid groups (broad SMARTS) is 1. The van der Waals surface area contributed by atoms with Crippen molar-refractivity contribution in [3.63, 3.8) is 0 Å². The monoisotopic (exact) mass is 282 g/mol. The van der Waals surface area contributed by atoms with E-state index in [2.05, 4.69) is 0 Å². The molecule has 0 aromatic carbocycles. The van der Waals surface area contributed by atoms with Gasteiger partial charge in [0.2, 0.25) is 0 Å². The lowest BCUT2D eigenvalue weighted by atomic mass is 9.75. The average molecular weight is 282 g/mol. The highest BCUT2D eigenvalue weighted by Gasteiger charge is 2.47. The maximum absolute atomic E-state index is 12.6. The molecule has 0 radical (unpaired) electrons. The van der Waals surface area contributed by atoms with Crippen LogP contribution in [0.3, 0.4) is 0 Å². The van der Waals surface area contributed by atoms with Crippen LogP contribution in [0.2, 0.25) is 0 Å². The van der Waals surface area contributed by atoms with E-state index in [0.29, 0.717) is 6.54 Å². The first kappa shape index (κ1) is 16.2. The summed E-state index contributed by atoms with van der Waals surface area (Å²) in [5.41, 5.74) is -0.108. The summed E-state index contributed by atoms with van der Waals surface area (Å²) in [7, 11) is 5.36. The van der Waals surface area contributed by atoms with E-state index in [1.807, 2.05) is 19.0 Å². The summed E-state index contributed by atoms with van der Waals surface area (Å²) in [6, 6.07) is 0. The summed E-state index contributed by atoms with van der Waals surface area (Å²) >= 11 is 0. The van der Waals surface area contributed by atoms with Crippen LogP contribution in [0.1, 0.15) is 19.3 Å². The Balaban J connectivity index is 2.63. The number of carboxylic acids is 1. The van der Waals surface area contributed by atoms with Gasteiger partial charge >= 0.3 is 12.1 Å². The molecule has 0 saturated heterocycles. The van der Waals surface area contributed by atoms with Crippen LogP contribution >= 0.6 is 0 Å². The van der Waals surface area contributed by atoms with Crippen LogP contribution < -0.4 is 0 Å². The molecule has 4 nitrogen and oxygen atoms in total. The van der Waals surface area contributed by atoms with E-state index >= 15 is 0 Å². The maximum atomic E-state index is 12.6. The van der Waals surface area contributed by atoms with Gasteiger partial charge in [0.15, 0.2) is 5.92 Å². The highest BCUT2D eigenvalue weighted by atomic mass is 19.4. The van der Waals surface area contributed by atoms with E-state index in [1.165, 1.54) is 4.90 Å². The van der Waals surface area contributed by atoms with E-state index in [9.17, 15) is 18.0 Å². The van der Waals surface area contributed by atoms with Crippen LogP contribution in [-0.2, 0) is 4.79 Å². The molecule has 0 amide bonds. The molecule has 0 heterocycles. The standard InChI is InChI=1S/C12H21F3N2O2/c1-16(2)11(5-4-6-11)8-17(3)7-9(10(18)19)12(13,14)15/h9H,4-8H2,1-3H3,(H,18,19). The molecule has 19 heavy (non-hydrogen) atoms. The fourth-order valence-corrected chi connectivity index (χ4v) is 2.53. The Labute approximate surface area is 111 Å². The number of alkyl halides is 3. The van der Waals surface area contributed by atoms with Gasteiger partial charge in [-0.15, -0.1) is 0 Å². The van der Waals surface area contributed by atoms with Crippen molar-refractivity contribution >= 4 is 5.97 Å². The molecule has 1 aliphatic rings. The third-order valence-electron chi connectivity index (χ3n) is 3.98. The molecule has 0 aliphatic heterocycles. The first-order valence-corrected chi connectivity index (χ1v) is 6.24. The van der Waals surface area contributed by atoms with Gasteiger partial charge in [0.05, 0.1) is 0 Å². The number of rotatable bonds is 6. The molecule has 1 aliphatic carbocycles. The lowest BCUT2D eigenvalue weighted by Crippen LogP contribution is -2.57. The fourth-order valence-electron chi connectivity index (χ4n) is 2.53. The molecule has 0 aromatic heterocycles. The van der Waals surface area contributed by atoms with Gasteiger partial charge in [-0.1, -0.05) is 0 Å². The van der Waals surface area contributed by atoms with Crippen LogP contribution in [0.4, 0.5) is 13.2 Å². The minimum absolute atomic E-state index is 0.108. The Hall–Kier alpha value is -0.820. The minimum Gasteiger partial charge on any atom is -0.481 e. The highest BCUT2D eigenvalue weighted by Crippen LogP contribution is 2.37. The van der Waals surface area contributed by atoms with Gasteiger partial charge in [0.25, 0.3) is 0 Å². The molecule has 0 bridgehead atoms. The summed E-state index contributed by atoms with van der Waals surface area (Å²) in [5.74, 6) is -4.14. The van der Waals surface area contributed by atoms with Gasteiger partial charge in [0.1, 0.15) is 0 Å². The number of hydrogen-bond acceptors (Lipinski definition) is 3. The number of carbonyl (C=O) groups is 1. The summed E-state index contributed by atoms with van der Waals surface area (Å²) in [6.07, 6.45) is -1.76. The number of halogens is 3. The summed E-state index contributed by atoms with van der Waals surface area (Å²) in [4.78, 5) is 14.2. The molecule has 1 saturated carbocycles. The summed E-state index contributed by atoms with van der Waals surface area (Å²) < 4.78 is 37.8. The van der Waals surface area contributed by atoms with Crippen molar-refractivity contribution in [2.45, 2.75) is 31.0 Å². The number of aliphatic carboxylic acids is 1. The zero-order chi connectivity index (χ0) is 14.8. The molecular weight excluding hydrogens is 261 g/mol. The Bertz CT molecular complexity index is 327. The van der Waals surface area contributed by atoms with E-state index in [4.69, 9.17) is 5.11 Å². The lowest BCUT2D eigenvalue weighted by Gasteiger charge is -2.49. The van der Waals surface area contributed by atoms with E-state index in [0.717, 1.165) is 19.3 Å². The second-order valence-electron chi connectivity index (χ2n) is 5.60. The van der Waals surface area contributed by atoms with E-state index < -0.39 is 24.6 Å². The smallest absolute Gasteiger partial charge is 0.403 e. The number of nitrogens with zero attached hydrogens (tertiary/aromatic N) is 2. The molecule has 7 heteroatoms. The third kappa shape index (κ3) is 3.82. The van der Waals surface area contributed by atoms with Crippen molar-refractivity contribution in [2.24, 2.45) is 5.92 Å². The average Bonchev–Trinajstić information content (AvgIpc) is 2.17. The Morgan fingerprint density at radius 1 is 1.32 bits per heavy atom. The van der Waals surface area contributed by atoms with Crippen molar-refractivity contribution < 1.29 is 23.1 Å². The van der Waals surface area contributed by atoms with Crippen molar-refractivity contribution in [3.05, 3.63) is 0 Å². The fraction of sp³-hybridized carbons (Fsp3) is 0.917. The predicted octanol–water partition coefficient (Wildman–Crippen LogP) is 1.67. The van der Waals surface area contributed by atoms with Gasteiger partial charge in [-0.25, -0.2) is 0 Å². The van der Waals surface area contributed by atoms with E-state index in [1.54, 1.807) is 7.05 Å². The van der Waals surface area contributed by atoms with Crippen LogP contribution in [0.15, 0.2) is 0 Å². The molecule has 1 atom stereocenters. The van der Waals surface area contributed by atoms with Gasteiger partial charge in [-0.3, -0.25) is 4.79 Å². The maximum Gasteiger partial charge on any atom is 0.403 e. The zero-order valence-corrected chi connectivity index (χ0v) is 11.5. The zero-order valence-electron chi connectivity index (χ0n) is 11.5. The van der Waals surface area contributed by atoms with Gasteiger partial charge in [0, 0.05) is 18.6 Å². The van der Waals surface area contributed by atoms with Gasteiger partial charge < -0.3 is 14.9 Å². The molecule has 0 spiro atoms. The minimum atomic E-state index is -4.70. The van der Waals surface area contributed by atoms with Crippen LogP contribution in [-0.4, -0.2) is 66.8 Å². The molecule has 1 unspecified atom stereocenters. The highest BCUT2D eigenvalue weighted by molar-refractivity contribution is 5.71. The van der Waals surface area contributed by atoms with Gasteiger partial charge in [-0.05, 0) is 40.4 Å². The first-order valence-electron chi connectivity index (χ1n) is 6.24. The summed E-state index contributed by atoms with van der Waals surface area (Å²) in [6.45, 7) is -0.0473. The largest absolute Gasteiger partial charge is 0.481 e. The quantitative estimate of drug-likeness (QED) is 0.805. The molecule has 112 valence electrons. The molecule has 1 fully saturated rings. The second kappa shape index (κ2) is 5.66. The van der Waals surface area contributed by atoms with Crippen LogP contribution in [0, 0.1) is 5.92 Å². The molecular formula is C12H21F3N2O2. The molecule has 1 rings (SSSR count). The number of likely N-dealkylation sites (N-methyl/N-ethyl adjacent to an activating group) is 2. The first-order chi connectivity index (χ1) is 8.58. The van der Waals surface area contributed by atoms with Crippen LogP contribution in [0.25, 0.3) is 0 Å². The Kier molecular flexibility index (Phi) is 4.84. The predicted molar refractivity (Wildman–Crippen MR) is 64.9 cm³/mol. The van der Waals surface area contributed by atoms with Crippen molar-refractivity contribution in [3.8, 4) is 0 Å². The van der Waals surface area contributed by atoms with Crippen LogP contribution in [0.5, 0.6) is 0 Å². The Morgan fingerprint density at radius 3 is 2.11 bits per heavy atom. The van der Waals surface area contributed by atoms with Crippen molar-refractivity contribution in [2.75, 3.05) is 34.2 Å². The van der Waals surface area contributed by atoms with E-state index in [-0.39, 0.29) is 5.54 Å².